The molecule has 3 nitrogen and oxygen atoms in total. The molecule has 4 heteroatoms. The summed E-state index contributed by atoms with van der Waals surface area (Å²) in [4.78, 5) is 0. The van der Waals surface area contributed by atoms with E-state index in [1.807, 2.05) is 0 Å². The van der Waals surface area contributed by atoms with E-state index in [-0.39, 0.29) is 5.76 Å². The Morgan fingerprint density at radius 3 is 2.80 bits per heavy atom. The highest BCUT2D eigenvalue weighted by atomic mass is 32.2. The van der Waals surface area contributed by atoms with E-state index >= 15 is 0 Å². The van der Waals surface area contributed by atoms with Gasteiger partial charge in [-0.15, -0.1) is 11.8 Å². The number of nitrogens with one attached hydrogen (secondary N) is 1. The predicted molar refractivity (Wildman–Crippen MR) is 43.6 cm³/mol. The van der Waals surface area contributed by atoms with Crippen LogP contribution >= 0.6 is 11.8 Å². The van der Waals surface area contributed by atoms with Crippen LogP contribution in [-0.4, -0.2) is 27.6 Å². The first kappa shape index (κ1) is 9.52. The summed E-state index contributed by atoms with van der Waals surface area (Å²) in [7, 11) is 0. The molecular formula is C6H11NO2S. The van der Waals surface area contributed by atoms with Crippen molar-refractivity contribution in [3.63, 3.8) is 0 Å². The second-order valence-electron chi connectivity index (χ2n) is 1.78. The van der Waals surface area contributed by atoms with Crippen LogP contribution in [0, 0.1) is 5.41 Å². The maximum atomic E-state index is 8.92. The number of hydrogen-bond donors (Lipinski definition) is 3. The average Bonchev–Trinajstić information content (AvgIpc) is 1.88. The number of aliphatic hydroxyl groups excluding tert-OH is 2. The van der Waals surface area contributed by atoms with Crippen LogP contribution in [0.1, 0.15) is 6.42 Å². The van der Waals surface area contributed by atoms with Crippen LogP contribution in [-0.2, 0) is 0 Å². The van der Waals surface area contributed by atoms with Crippen molar-refractivity contribution in [3.8, 4) is 0 Å². The first-order chi connectivity index (χ1) is 4.68. The van der Waals surface area contributed by atoms with Gasteiger partial charge in [0.25, 0.3) is 0 Å². The Bertz CT molecular complexity index is 127. The van der Waals surface area contributed by atoms with E-state index in [0.29, 0.717) is 12.2 Å². The van der Waals surface area contributed by atoms with Crippen molar-refractivity contribution in [1.82, 2.24) is 0 Å². The van der Waals surface area contributed by atoms with E-state index in [4.69, 9.17) is 15.6 Å². The fraction of sp³-hybridized carbons (Fsp3) is 0.500. The van der Waals surface area contributed by atoms with Crippen molar-refractivity contribution in [2.75, 3.05) is 5.75 Å². The molecule has 1 atom stereocenters. The van der Waals surface area contributed by atoms with Crippen LogP contribution in [0.5, 0.6) is 0 Å². The largest absolute Gasteiger partial charge is 0.510 e. The van der Waals surface area contributed by atoms with Gasteiger partial charge in [0.15, 0.2) is 0 Å². The number of hydrogen-bond acceptors (Lipinski definition) is 4. The Kier molecular flexibility index (Phi) is 5.06. The summed E-state index contributed by atoms with van der Waals surface area (Å²) in [6.45, 7) is 3.17. The Morgan fingerprint density at radius 1 is 1.80 bits per heavy atom. The Hall–Kier alpha value is -0.480. The summed E-state index contributed by atoms with van der Waals surface area (Å²) < 4.78 is 0. The molecule has 0 bridgehead atoms. The lowest BCUT2D eigenvalue weighted by molar-refractivity contribution is 0.152. The first-order valence-corrected chi connectivity index (χ1v) is 3.89. The molecule has 0 spiro atoms. The third-order valence-electron chi connectivity index (χ3n) is 0.977. The molecule has 0 saturated heterocycles. The van der Waals surface area contributed by atoms with Gasteiger partial charge in [-0.25, -0.2) is 0 Å². The van der Waals surface area contributed by atoms with E-state index < -0.39 is 6.10 Å². The Morgan fingerprint density at radius 2 is 2.40 bits per heavy atom. The summed E-state index contributed by atoms with van der Waals surface area (Å²) >= 11 is 1.28. The van der Waals surface area contributed by atoms with E-state index in [2.05, 4.69) is 6.58 Å². The molecule has 0 aromatic rings. The van der Waals surface area contributed by atoms with Crippen molar-refractivity contribution in [2.45, 2.75) is 12.5 Å². The summed E-state index contributed by atoms with van der Waals surface area (Å²) in [6, 6.07) is 0. The molecule has 0 radical (unpaired) electrons. The standard InChI is InChI=1S/C6H11NO2S/c1-5(8)6(9)2-3-10-4-7/h4,6-9H,1-3H2. The third kappa shape index (κ3) is 4.40. The van der Waals surface area contributed by atoms with Crippen molar-refractivity contribution >= 4 is 17.3 Å². The zero-order chi connectivity index (χ0) is 7.98. The van der Waals surface area contributed by atoms with Crippen LogP contribution in [0.4, 0.5) is 0 Å². The third-order valence-corrected chi connectivity index (χ3v) is 1.62. The fourth-order valence-corrected chi connectivity index (χ4v) is 0.882. The molecule has 0 rings (SSSR count). The van der Waals surface area contributed by atoms with Gasteiger partial charge in [0, 0.05) is 5.75 Å². The molecule has 0 aliphatic carbocycles. The van der Waals surface area contributed by atoms with Crippen molar-refractivity contribution in [3.05, 3.63) is 12.3 Å². The number of thioether (sulfide) groups is 1. The van der Waals surface area contributed by atoms with Crippen LogP contribution in [0.25, 0.3) is 0 Å². The topological polar surface area (TPSA) is 64.3 Å². The van der Waals surface area contributed by atoms with Gasteiger partial charge in [-0.3, -0.25) is 0 Å². The van der Waals surface area contributed by atoms with E-state index in [0.717, 1.165) is 0 Å². The molecule has 0 amide bonds. The molecule has 0 aromatic heterocycles. The molecule has 10 heavy (non-hydrogen) atoms. The molecule has 0 aliphatic rings. The zero-order valence-corrected chi connectivity index (χ0v) is 6.40. The van der Waals surface area contributed by atoms with Crippen LogP contribution in [0.3, 0.4) is 0 Å². The highest BCUT2D eigenvalue weighted by Gasteiger charge is 2.04. The zero-order valence-electron chi connectivity index (χ0n) is 5.58. The molecule has 0 saturated carbocycles. The molecule has 0 heterocycles. The van der Waals surface area contributed by atoms with Gasteiger partial charge in [0.1, 0.15) is 11.9 Å². The van der Waals surface area contributed by atoms with E-state index in [9.17, 15) is 0 Å². The maximum absolute atomic E-state index is 8.92. The van der Waals surface area contributed by atoms with Gasteiger partial charge in [-0.05, 0) is 6.42 Å². The van der Waals surface area contributed by atoms with Crippen LogP contribution in [0.15, 0.2) is 12.3 Å². The summed E-state index contributed by atoms with van der Waals surface area (Å²) in [6.07, 6.45) is -0.400. The Labute approximate surface area is 64.3 Å². The monoisotopic (exact) mass is 161 g/mol. The van der Waals surface area contributed by atoms with Gasteiger partial charge >= 0.3 is 0 Å². The average molecular weight is 161 g/mol. The molecule has 0 aromatic carbocycles. The van der Waals surface area contributed by atoms with E-state index in [1.54, 1.807) is 0 Å². The van der Waals surface area contributed by atoms with Crippen LogP contribution in [0.2, 0.25) is 0 Å². The summed E-state index contributed by atoms with van der Waals surface area (Å²) in [5.74, 6) is 0.426. The highest BCUT2D eigenvalue weighted by molar-refractivity contribution is 8.11. The van der Waals surface area contributed by atoms with Crippen molar-refractivity contribution in [1.29, 1.82) is 5.41 Å². The summed E-state index contributed by atoms with van der Waals surface area (Å²) in [5, 5.41) is 24.2. The van der Waals surface area contributed by atoms with Gasteiger partial charge in [0.05, 0.1) is 5.55 Å². The SMILES string of the molecule is C=C(O)C(O)CCSC=N. The lowest BCUT2D eigenvalue weighted by atomic mass is 10.2. The van der Waals surface area contributed by atoms with Gasteiger partial charge < -0.3 is 15.6 Å². The number of rotatable bonds is 5. The summed E-state index contributed by atoms with van der Waals surface area (Å²) in [5.41, 5.74) is 1.20. The lowest BCUT2D eigenvalue weighted by Crippen LogP contribution is -2.09. The number of aliphatic hydroxyl groups is 2. The minimum absolute atomic E-state index is 0.203. The highest BCUT2D eigenvalue weighted by Crippen LogP contribution is 2.05. The molecule has 58 valence electrons. The van der Waals surface area contributed by atoms with Gasteiger partial charge in [-0.2, -0.15) is 0 Å². The molecule has 3 N–H and O–H groups in total. The minimum atomic E-state index is -0.840. The van der Waals surface area contributed by atoms with Gasteiger partial charge in [0.2, 0.25) is 0 Å². The van der Waals surface area contributed by atoms with Gasteiger partial charge in [-0.1, -0.05) is 6.58 Å². The molecular weight excluding hydrogens is 150 g/mol. The second kappa shape index (κ2) is 5.32. The smallest absolute Gasteiger partial charge is 0.114 e. The molecule has 0 fully saturated rings. The molecule has 0 aliphatic heterocycles. The Balaban J connectivity index is 3.30. The van der Waals surface area contributed by atoms with Crippen LogP contribution < -0.4 is 0 Å². The lowest BCUT2D eigenvalue weighted by Gasteiger charge is -2.05. The minimum Gasteiger partial charge on any atom is -0.510 e. The fourth-order valence-electron chi connectivity index (χ4n) is 0.405. The predicted octanol–water partition coefficient (Wildman–Crippen LogP) is 1.15. The van der Waals surface area contributed by atoms with Crippen molar-refractivity contribution < 1.29 is 10.2 Å². The van der Waals surface area contributed by atoms with Crippen molar-refractivity contribution in [2.24, 2.45) is 0 Å². The van der Waals surface area contributed by atoms with E-state index in [1.165, 1.54) is 17.3 Å². The first-order valence-electron chi connectivity index (χ1n) is 2.85. The molecule has 1 unspecified atom stereocenters. The maximum Gasteiger partial charge on any atom is 0.114 e. The quantitative estimate of drug-likeness (QED) is 0.245. The normalized spacial score (nSPS) is 12.5. The second-order valence-corrected chi connectivity index (χ2v) is 2.76.